The number of benzene rings is 2. The number of anilines is 1. The van der Waals surface area contributed by atoms with Crippen LogP contribution in [0.5, 0.6) is 5.75 Å². The Bertz CT molecular complexity index is 865. The Morgan fingerprint density at radius 2 is 2.11 bits per heavy atom. The second kappa shape index (κ2) is 8.23. The van der Waals surface area contributed by atoms with E-state index < -0.39 is 0 Å². The first-order valence-corrected chi connectivity index (χ1v) is 10.1. The van der Waals surface area contributed by atoms with Crippen LogP contribution in [0.3, 0.4) is 0 Å². The highest BCUT2D eigenvalue weighted by Crippen LogP contribution is 2.36. The van der Waals surface area contributed by atoms with Crippen LogP contribution >= 0.6 is 0 Å². The van der Waals surface area contributed by atoms with Crippen LogP contribution in [0.1, 0.15) is 41.0 Å². The van der Waals surface area contributed by atoms with Crippen molar-refractivity contribution in [3.8, 4) is 5.75 Å². The lowest BCUT2D eigenvalue weighted by atomic mass is 9.82. The Labute approximate surface area is 167 Å². The predicted molar refractivity (Wildman–Crippen MR) is 112 cm³/mol. The lowest BCUT2D eigenvalue weighted by Crippen LogP contribution is -2.35. The van der Waals surface area contributed by atoms with Crippen LogP contribution in [0.4, 0.5) is 5.69 Å². The summed E-state index contributed by atoms with van der Waals surface area (Å²) in [5.74, 6) is 1.63. The maximum atomic E-state index is 11.5. The quantitative estimate of drug-likeness (QED) is 0.809. The molecular formula is C23H29N3O2. The Hall–Kier alpha value is -2.53. The van der Waals surface area contributed by atoms with Crippen molar-refractivity contribution in [2.75, 3.05) is 32.7 Å². The number of carbonyl (C=O) groups is 1. The van der Waals surface area contributed by atoms with E-state index in [2.05, 4.69) is 59.2 Å². The van der Waals surface area contributed by atoms with E-state index >= 15 is 0 Å². The number of fused-ring (bicyclic) bond motifs is 2. The zero-order valence-corrected chi connectivity index (χ0v) is 16.8. The van der Waals surface area contributed by atoms with Gasteiger partial charge in [0.1, 0.15) is 5.75 Å². The fourth-order valence-corrected chi connectivity index (χ4v) is 4.49. The van der Waals surface area contributed by atoms with E-state index in [1.54, 1.807) is 7.11 Å². The minimum atomic E-state index is 0.0179. The molecule has 2 aromatic carbocycles. The van der Waals surface area contributed by atoms with Crippen molar-refractivity contribution >= 4 is 11.6 Å². The Morgan fingerprint density at radius 3 is 2.96 bits per heavy atom. The number of hydrazine groups is 1. The molecule has 1 unspecified atom stereocenters. The van der Waals surface area contributed by atoms with Gasteiger partial charge in [0.15, 0.2) is 0 Å². The molecular weight excluding hydrogens is 350 g/mol. The summed E-state index contributed by atoms with van der Waals surface area (Å²) in [6.07, 6.45) is 5.05. The van der Waals surface area contributed by atoms with E-state index in [-0.39, 0.29) is 5.91 Å². The zero-order valence-electron chi connectivity index (χ0n) is 16.8. The summed E-state index contributed by atoms with van der Waals surface area (Å²) in [4.78, 5) is 13.9. The SMILES string of the molecule is COc1cccc2c1CCCC2CN(C)CCc1ccc2c(c1)NNC(=O)C2. The lowest BCUT2D eigenvalue weighted by Gasteiger charge is -2.30. The molecule has 2 aromatic rings. The third-order valence-corrected chi connectivity index (χ3v) is 5.98. The van der Waals surface area contributed by atoms with Gasteiger partial charge in [-0.1, -0.05) is 24.3 Å². The van der Waals surface area contributed by atoms with Crippen LogP contribution in [0.2, 0.25) is 0 Å². The number of amides is 1. The molecule has 2 aliphatic rings. The van der Waals surface area contributed by atoms with Gasteiger partial charge in [0, 0.05) is 13.1 Å². The first-order valence-electron chi connectivity index (χ1n) is 10.1. The molecule has 2 N–H and O–H groups in total. The van der Waals surface area contributed by atoms with Crippen molar-refractivity contribution in [1.29, 1.82) is 0 Å². The molecule has 5 nitrogen and oxygen atoms in total. The van der Waals surface area contributed by atoms with Gasteiger partial charge >= 0.3 is 0 Å². The number of hydrogen-bond acceptors (Lipinski definition) is 4. The number of likely N-dealkylation sites (N-methyl/N-ethyl adjacent to an activating group) is 1. The summed E-state index contributed by atoms with van der Waals surface area (Å²) in [5, 5.41) is 0. The van der Waals surface area contributed by atoms with Gasteiger partial charge in [0.25, 0.3) is 0 Å². The number of ether oxygens (including phenoxy) is 1. The van der Waals surface area contributed by atoms with Gasteiger partial charge in [-0.2, -0.15) is 0 Å². The van der Waals surface area contributed by atoms with E-state index in [0.717, 1.165) is 42.9 Å². The topological polar surface area (TPSA) is 53.6 Å². The van der Waals surface area contributed by atoms with Gasteiger partial charge in [0.2, 0.25) is 5.91 Å². The lowest BCUT2D eigenvalue weighted by molar-refractivity contribution is -0.120. The minimum absolute atomic E-state index is 0.0179. The third kappa shape index (κ3) is 3.99. The molecule has 1 atom stereocenters. The molecule has 1 aliphatic carbocycles. The average molecular weight is 380 g/mol. The van der Waals surface area contributed by atoms with Crippen LogP contribution in [-0.4, -0.2) is 38.1 Å². The van der Waals surface area contributed by atoms with Crippen LogP contribution in [-0.2, 0) is 24.1 Å². The molecule has 0 bridgehead atoms. The summed E-state index contributed by atoms with van der Waals surface area (Å²) in [6, 6.07) is 12.8. The minimum Gasteiger partial charge on any atom is -0.496 e. The second-order valence-electron chi connectivity index (χ2n) is 7.97. The van der Waals surface area contributed by atoms with Gasteiger partial charge in [-0.15, -0.1) is 0 Å². The highest BCUT2D eigenvalue weighted by atomic mass is 16.5. The van der Waals surface area contributed by atoms with Gasteiger partial charge in [0.05, 0.1) is 19.2 Å². The Kier molecular flexibility index (Phi) is 5.53. The maximum Gasteiger partial charge on any atom is 0.242 e. The molecule has 0 spiro atoms. The van der Waals surface area contributed by atoms with Crippen molar-refractivity contribution < 1.29 is 9.53 Å². The van der Waals surface area contributed by atoms with Gasteiger partial charge < -0.3 is 9.64 Å². The molecule has 1 aliphatic heterocycles. The van der Waals surface area contributed by atoms with Crippen molar-refractivity contribution in [3.63, 3.8) is 0 Å². The third-order valence-electron chi connectivity index (χ3n) is 5.98. The zero-order chi connectivity index (χ0) is 19.5. The highest BCUT2D eigenvalue weighted by molar-refractivity contribution is 5.84. The number of nitrogens with one attached hydrogen (secondary N) is 2. The molecule has 0 aromatic heterocycles. The average Bonchev–Trinajstić information content (AvgIpc) is 2.72. The standard InChI is InChI=1S/C23H29N3O2/c1-26(12-11-16-9-10-17-14-23(27)25-24-21(17)13-16)15-18-5-3-7-20-19(18)6-4-8-22(20)28-2/h4,6,8-10,13,18,24H,3,5,7,11-12,14-15H2,1-2H3,(H,25,27). The van der Waals surface area contributed by atoms with Crippen LogP contribution in [0, 0.1) is 0 Å². The van der Waals surface area contributed by atoms with Gasteiger partial charge in [-0.3, -0.25) is 15.6 Å². The summed E-state index contributed by atoms with van der Waals surface area (Å²) in [6.45, 7) is 2.08. The predicted octanol–water partition coefficient (Wildman–Crippen LogP) is 3.29. The van der Waals surface area contributed by atoms with Crippen molar-refractivity contribution in [1.82, 2.24) is 10.3 Å². The van der Waals surface area contributed by atoms with Crippen molar-refractivity contribution in [2.45, 2.75) is 38.0 Å². The molecule has 0 radical (unpaired) electrons. The maximum absolute atomic E-state index is 11.5. The molecule has 28 heavy (non-hydrogen) atoms. The highest BCUT2D eigenvalue weighted by Gasteiger charge is 2.23. The monoisotopic (exact) mass is 379 g/mol. The summed E-state index contributed by atoms with van der Waals surface area (Å²) in [7, 11) is 3.98. The van der Waals surface area contributed by atoms with E-state index in [4.69, 9.17) is 4.74 Å². The van der Waals surface area contributed by atoms with Gasteiger partial charge in [-0.05, 0) is 73.0 Å². The first-order chi connectivity index (χ1) is 13.6. The van der Waals surface area contributed by atoms with Crippen LogP contribution < -0.4 is 15.6 Å². The molecule has 0 fully saturated rings. The van der Waals surface area contributed by atoms with E-state index in [0.29, 0.717) is 12.3 Å². The van der Waals surface area contributed by atoms with Crippen molar-refractivity contribution in [2.24, 2.45) is 0 Å². The van der Waals surface area contributed by atoms with E-state index in [1.165, 1.54) is 29.5 Å². The Balaban J connectivity index is 1.37. The summed E-state index contributed by atoms with van der Waals surface area (Å²) in [5.41, 5.74) is 11.9. The second-order valence-corrected chi connectivity index (χ2v) is 7.97. The molecule has 5 heteroatoms. The van der Waals surface area contributed by atoms with Crippen LogP contribution in [0.25, 0.3) is 0 Å². The van der Waals surface area contributed by atoms with E-state index in [9.17, 15) is 4.79 Å². The molecule has 1 heterocycles. The molecule has 0 saturated heterocycles. The first kappa shape index (κ1) is 18.8. The van der Waals surface area contributed by atoms with Crippen LogP contribution in [0.15, 0.2) is 36.4 Å². The van der Waals surface area contributed by atoms with Crippen molar-refractivity contribution in [3.05, 3.63) is 58.7 Å². The van der Waals surface area contributed by atoms with E-state index in [1.807, 2.05) is 0 Å². The number of methoxy groups -OCH3 is 1. The summed E-state index contributed by atoms with van der Waals surface area (Å²) >= 11 is 0. The van der Waals surface area contributed by atoms with Gasteiger partial charge in [-0.25, -0.2) is 0 Å². The summed E-state index contributed by atoms with van der Waals surface area (Å²) < 4.78 is 5.58. The fourth-order valence-electron chi connectivity index (χ4n) is 4.49. The number of nitrogens with zero attached hydrogens (tertiary/aromatic N) is 1. The molecule has 4 rings (SSSR count). The normalized spacial score (nSPS) is 18.1. The molecule has 0 saturated carbocycles. The Morgan fingerprint density at radius 1 is 1.21 bits per heavy atom. The number of rotatable bonds is 6. The fraction of sp³-hybridized carbons (Fsp3) is 0.435. The smallest absolute Gasteiger partial charge is 0.242 e. The largest absolute Gasteiger partial charge is 0.496 e. The number of hydrogen-bond donors (Lipinski definition) is 2. The molecule has 148 valence electrons. The number of carbonyl (C=O) groups excluding carboxylic acids is 1. The molecule has 1 amide bonds.